The summed E-state index contributed by atoms with van der Waals surface area (Å²) in [6.07, 6.45) is 0.914. The normalized spacial score (nSPS) is 11.9. The Kier molecular flexibility index (Phi) is 5.10. The van der Waals surface area contributed by atoms with Gasteiger partial charge in [0.15, 0.2) is 0 Å². The lowest BCUT2D eigenvalue weighted by atomic mass is 10.2. The van der Waals surface area contributed by atoms with Crippen LogP contribution in [0.4, 0.5) is 11.4 Å². The molecular weight excluding hydrogens is 238 g/mol. The number of anilines is 2. The maximum absolute atomic E-state index is 11.7. The van der Waals surface area contributed by atoms with Crippen LogP contribution in [-0.2, 0) is 4.79 Å². The molecule has 0 heterocycles. The van der Waals surface area contributed by atoms with Crippen molar-refractivity contribution in [2.24, 2.45) is 0 Å². The zero-order chi connectivity index (χ0) is 12.8. The quantitative estimate of drug-likeness (QED) is 0.707. The van der Waals surface area contributed by atoms with Crippen LogP contribution in [0.15, 0.2) is 18.2 Å². The fraction of sp³-hybridized carbons (Fsp3) is 0.417. The molecular formula is C12H18ClN3O. The average molecular weight is 256 g/mol. The molecule has 0 saturated carbocycles. The summed E-state index contributed by atoms with van der Waals surface area (Å²) in [6.45, 7) is 4.47. The Balaban J connectivity index is 2.64. The summed E-state index contributed by atoms with van der Waals surface area (Å²) in [6, 6.07) is 4.95. The van der Waals surface area contributed by atoms with Gasteiger partial charge >= 0.3 is 0 Å². The molecule has 4 nitrogen and oxygen atoms in total. The summed E-state index contributed by atoms with van der Waals surface area (Å²) in [5.74, 6) is -0.0498. The van der Waals surface area contributed by atoms with Crippen LogP contribution in [0, 0.1) is 0 Å². The van der Waals surface area contributed by atoms with Crippen molar-refractivity contribution >= 4 is 28.9 Å². The second-order valence-electron chi connectivity index (χ2n) is 3.86. The van der Waals surface area contributed by atoms with Crippen molar-refractivity contribution in [1.82, 2.24) is 5.32 Å². The van der Waals surface area contributed by atoms with Gasteiger partial charge in [-0.2, -0.15) is 0 Å². The van der Waals surface area contributed by atoms with E-state index >= 15 is 0 Å². The average Bonchev–Trinajstić information content (AvgIpc) is 2.31. The van der Waals surface area contributed by atoms with E-state index in [2.05, 4.69) is 10.6 Å². The van der Waals surface area contributed by atoms with Gasteiger partial charge in [-0.1, -0.05) is 24.6 Å². The van der Waals surface area contributed by atoms with Gasteiger partial charge in [-0.25, -0.2) is 0 Å². The lowest BCUT2D eigenvalue weighted by Gasteiger charge is -2.16. The van der Waals surface area contributed by atoms with E-state index in [9.17, 15) is 4.79 Å². The first-order chi connectivity index (χ1) is 8.06. The lowest BCUT2D eigenvalue weighted by molar-refractivity contribution is -0.121. The van der Waals surface area contributed by atoms with Gasteiger partial charge in [0.1, 0.15) is 6.04 Å². The summed E-state index contributed by atoms with van der Waals surface area (Å²) in [7, 11) is 0. The molecule has 1 aromatic carbocycles. The van der Waals surface area contributed by atoms with Crippen LogP contribution in [0.3, 0.4) is 0 Å². The summed E-state index contributed by atoms with van der Waals surface area (Å²) in [4.78, 5) is 11.7. The first-order valence-electron chi connectivity index (χ1n) is 5.64. The van der Waals surface area contributed by atoms with Gasteiger partial charge in [0.2, 0.25) is 5.91 Å². The Morgan fingerprint density at radius 2 is 2.24 bits per heavy atom. The highest BCUT2D eigenvalue weighted by atomic mass is 35.5. The maximum atomic E-state index is 11.7. The molecule has 1 rings (SSSR count). The Bertz CT molecular complexity index is 395. The molecule has 1 aromatic rings. The van der Waals surface area contributed by atoms with Crippen molar-refractivity contribution in [1.29, 1.82) is 0 Å². The molecule has 0 saturated heterocycles. The molecule has 0 aromatic heterocycles. The third-order valence-electron chi connectivity index (χ3n) is 2.37. The van der Waals surface area contributed by atoms with Crippen LogP contribution >= 0.6 is 11.6 Å². The minimum Gasteiger partial charge on any atom is -0.396 e. The van der Waals surface area contributed by atoms with E-state index < -0.39 is 0 Å². The van der Waals surface area contributed by atoms with Crippen molar-refractivity contribution < 1.29 is 4.79 Å². The van der Waals surface area contributed by atoms with Crippen LogP contribution in [0.1, 0.15) is 20.3 Å². The third-order valence-corrected chi connectivity index (χ3v) is 2.70. The summed E-state index contributed by atoms with van der Waals surface area (Å²) >= 11 is 5.89. The number of carbonyl (C=O) groups excluding carboxylic acids is 1. The molecule has 1 unspecified atom stereocenters. The second kappa shape index (κ2) is 6.35. The topological polar surface area (TPSA) is 67.2 Å². The zero-order valence-electron chi connectivity index (χ0n) is 10.1. The molecule has 1 atom stereocenters. The van der Waals surface area contributed by atoms with E-state index in [1.807, 2.05) is 6.92 Å². The van der Waals surface area contributed by atoms with Crippen LogP contribution in [-0.4, -0.2) is 18.5 Å². The highest BCUT2D eigenvalue weighted by Crippen LogP contribution is 2.27. The van der Waals surface area contributed by atoms with Crippen LogP contribution in [0.5, 0.6) is 0 Å². The van der Waals surface area contributed by atoms with Crippen molar-refractivity contribution in [2.75, 3.05) is 17.6 Å². The van der Waals surface area contributed by atoms with E-state index in [-0.39, 0.29) is 11.9 Å². The number of benzene rings is 1. The molecule has 0 bridgehead atoms. The zero-order valence-corrected chi connectivity index (χ0v) is 10.8. The van der Waals surface area contributed by atoms with Crippen molar-refractivity contribution in [3.8, 4) is 0 Å². The highest BCUT2D eigenvalue weighted by molar-refractivity contribution is 6.33. The number of carbonyl (C=O) groups is 1. The second-order valence-corrected chi connectivity index (χ2v) is 4.27. The van der Waals surface area contributed by atoms with Gasteiger partial charge in [0.25, 0.3) is 0 Å². The number of amides is 1. The Morgan fingerprint density at radius 1 is 1.53 bits per heavy atom. The first kappa shape index (κ1) is 13.6. The Labute approximate surface area is 107 Å². The third kappa shape index (κ3) is 3.82. The molecule has 0 spiro atoms. The number of halogens is 1. The Hall–Kier alpha value is -1.42. The van der Waals surface area contributed by atoms with Gasteiger partial charge in [0.05, 0.1) is 16.4 Å². The lowest BCUT2D eigenvalue weighted by Crippen LogP contribution is -2.38. The molecule has 0 fully saturated rings. The minimum absolute atomic E-state index is 0.0498. The smallest absolute Gasteiger partial charge is 0.242 e. The molecule has 1 amide bonds. The standard InChI is InChI=1S/C12H18ClN3O/c1-3-7-15-12(17)8(2)16-10-6-4-5-9(13)11(10)14/h4-6,8,16H,3,7,14H2,1-2H3,(H,15,17). The molecule has 0 radical (unpaired) electrons. The van der Waals surface area contributed by atoms with Crippen LogP contribution in [0.2, 0.25) is 5.02 Å². The number of hydrogen-bond donors (Lipinski definition) is 3. The number of hydrogen-bond acceptors (Lipinski definition) is 3. The number of para-hydroxylation sites is 1. The number of nitrogen functional groups attached to an aromatic ring is 1. The predicted octanol–water partition coefficient (Wildman–Crippen LogP) is 2.25. The molecule has 0 aliphatic heterocycles. The molecule has 17 heavy (non-hydrogen) atoms. The van der Waals surface area contributed by atoms with E-state index in [1.165, 1.54) is 0 Å². The van der Waals surface area contributed by atoms with Crippen LogP contribution in [0.25, 0.3) is 0 Å². The largest absolute Gasteiger partial charge is 0.396 e. The fourth-order valence-electron chi connectivity index (χ4n) is 1.36. The molecule has 4 N–H and O–H groups in total. The van der Waals surface area contributed by atoms with Gasteiger partial charge < -0.3 is 16.4 Å². The van der Waals surface area contributed by atoms with Gasteiger partial charge in [-0.05, 0) is 25.5 Å². The fourth-order valence-corrected chi connectivity index (χ4v) is 1.54. The number of nitrogens with one attached hydrogen (secondary N) is 2. The monoisotopic (exact) mass is 255 g/mol. The maximum Gasteiger partial charge on any atom is 0.242 e. The SMILES string of the molecule is CCCNC(=O)C(C)Nc1cccc(Cl)c1N. The highest BCUT2D eigenvalue weighted by Gasteiger charge is 2.13. The number of nitrogens with two attached hydrogens (primary N) is 1. The van der Waals surface area contributed by atoms with Gasteiger partial charge in [-0.3, -0.25) is 4.79 Å². The minimum atomic E-state index is -0.345. The molecule has 0 aliphatic rings. The molecule has 5 heteroatoms. The van der Waals surface area contributed by atoms with E-state index in [0.29, 0.717) is 22.9 Å². The summed E-state index contributed by atoms with van der Waals surface area (Å²) in [5, 5.41) is 6.33. The summed E-state index contributed by atoms with van der Waals surface area (Å²) < 4.78 is 0. The summed E-state index contributed by atoms with van der Waals surface area (Å²) in [5.41, 5.74) is 6.94. The first-order valence-corrected chi connectivity index (χ1v) is 6.02. The van der Waals surface area contributed by atoms with Gasteiger partial charge in [0, 0.05) is 6.54 Å². The van der Waals surface area contributed by atoms with E-state index in [4.69, 9.17) is 17.3 Å². The van der Waals surface area contributed by atoms with Crippen molar-refractivity contribution in [2.45, 2.75) is 26.3 Å². The van der Waals surface area contributed by atoms with Crippen molar-refractivity contribution in [3.63, 3.8) is 0 Å². The van der Waals surface area contributed by atoms with Crippen LogP contribution < -0.4 is 16.4 Å². The predicted molar refractivity (Wildman–Crippen MR) is 72.2 cm³/mol. The van der Waals surface area contributed by atoms with E-state index in [1.54, 1.807) is 25.1 Å². The molecule has 94 valence electrons. The van der Waals surface area contributed by atoms with Crippen molar-refractivity contribution in [3.05, 3.63) is 23.2 Å². The van der Waals surface area contributed by atoms with E-state index in [0.717, 1.165) is 6.42 Å². The molecule has 0 aliphatic carbocycles. The number of rotatable bonds is 5. The Morgan fingerprint density at radius 3 is 2.88 bits per heavy atom. The van der Waals surface area contributed by atoms with Gasteiger partial charge in [-0.15, -0.1) is 0 Å².